The summed E-state index contributed by atoms with van der Waals surface area (Å²) in [5, 5.41) is 7.01. The standard InChI is InChI=1S/C26H30N4O5/c1-33-21-12-10-18(11-13-21)25-28-23(35-29-25)9-4-3-5-14-27-26(32)19-15-24(31)30(17-19)20-7-6-8-22(16-20)34-2/h6-8,10-13,16,19H,3-5,9,14-15,17H2,1-2H3,(H,27,32). The van der Waals surface area contributed by atoms with E-state index in [0.717, 1.165) is 36.3 Å². The third kappa shape index (κ3) is 6.17. The van der Waals surface area contributed by atoms with Crippen LogP contribution in [0.25, 0.3) is 11.4 Å². The molecule has 2 heterocycles. The number of hydrogen-bond donors (Lipinski definition) is 1. The Labute approximate surface area is 204 Å². The van der Waals surface area contributed by atoms with Crippen LogP contribution in [0.5, 0.6) is 11.5 Å². The summed E-state index contributed by atoms with van der Waals surface area (Å²) < 4.78 is 15.7. The van der Waals surface area contributed by atoms with Crippen LogP contribution in [0.4, 0.5) is 5.69 Å². The molecule has 0 aliphatic carbocycles. The molecule has 1 aliphatic heterocycles. The van der Waals surface area contributed by atoms with Crippen LogP contribution in [0.3, 0.4) is 0 Å². The summed E-state index contributed by atoms with van der Waals surface area (Å²) in [4.78, 5) is 31.1. The van der Waals surface area contributed by atoms with Crippen molar-refractivity contribution >= 4 is 17.5 Å². The average molecular weight is 479 g/mol. The highest BCUT2D eigenvalue weighted by Crippen LogP contribution is 2.28. The van der Waals surface area contributed by atoms with Crippen molar-refractivity contribution in [1.29, 1.82) is 0 Å². The summed E-state index contributed by atoms with van der Waals surface area (Å²) in [6, 6.07) is 14.8. The van der Waals surface area contributed by atoms with Crippen molar-refractivity contribution in [2.75, 3.05) is 32.2 Å². The maximum atomic E-state index is 12.6. The van der Waals surface area contributed by atoms with Gasteiger partial charge in [0, 0.05) is 43.2 Å². The van der Waals surface area contributed by atoms with E-state index in [9.17, 15) is 9.59 Å². The molecule has 1 saturated heterocycles. The maximum absolute atomic E-state index is 12.6. The number of hydrogen-bond acceptors (Lipinski definition) is 7. The second-order valence-corrected chi connectivity index (χ2v) is 8.45. The number of aromatic nitrogens is 2. The van der Waals surface area contributed by atoms with Gasteiger partial charge >= 0.3 is 0 Å². The molecule has 1 unspecified atom stereocenters. The minimum absolute atomic E-state index is 0.0491. The van der Waals surface area contributed by atoms with E-state index in [0.29, 0.717) is 37.0 Å². The van der Waals surface area contributed by atoms with E-state index in [2.05, 4.69) is 15.5 Å². The van der Waals surface area contributed by atoms with Crippen molar-refractivity contribution in [3.05, 3.63) is 54.4 Å². The molecule has 35 heavy (non-hydrogen) atoms. The van der Waals surface area contributed by atoms with Gasteiger partial charge < -0.3 is 24.2 Å². The summed E-state index contributed by atoms with van der Waals surface area (Å²) in [5.74, 6) is 2.14. The molecule has 0 radical (unpaired) electrons. The van der Waals surface area contributed by atoms with Crippen LogP contribution >= 0.6 is 0 Å². The van der Waals surface area contributed by atoms with Gasteiger partial charge in [0.25, 0.3) is 0 Å². The molecule has 1 fully saturated rings. The lowest BCUT2D eigenvalue weighted by Crippen LogP contribution is -2.33. The fourth-order valence-corrected chi connectivity index (χ4v) is 4.06. The van der Waals surface area contributed by atoms with Gasteiger partial charge in [-0.15, -0.1) is 0 Å². The molecule has 0 spiro atoms. The van der Waals surface area contributed by atoms with Gasteiger partial charge in [0.1, 0.15) is 11.5 Å². The molecule has 184 valence electrons. The van der Waals surface area contributed by atoms with E-state index in [4.69, 9.17) is 14.0 Å². The topological polar surface area (TPSA) is 107 Å². The Kier molecular flexibility index (Phi) is 7.97. The van der Waals surface area contributed by atoms with Crippen molar-refractivity contribution in [1.82, 2.24) is 15.5 Å². The molecule has 3 aromatic rings. The predicted octanol–water partition coefficient (Wildman–Crippen LogP) is 3.64. The van der Waals surface area contributed by atoms with E-state index in [1.54, 1.807) is 19.1 Å². The highest BCUT2D eigenvalue weighted by Gasteiger charge is 2.35. The largest absolute Gasteiger partial charge is 0.497 e. The van der Waals surface area contributed by atoms with Crippen molar-refractivity contribution in [3.63, 3.8) is 0 Å². The van der Waals surface area contributed by atoms with Gasteiger partial charge in [0.05, 0.1) is 20.1 Å². The minimum Gasteiger partial charge on any atom is -0.497 e. The molecule has 1 atom stereocenters. The number of aryl methyl sites for hydroxylation is 1. The zero-order valence-electron chi connectivity index (χ0n) is 20.0. The lowest BCUT2D eigenvalue weighted by atomic mass is 10.1. The van der Waals surface area contributed by atoms with Gasteiger partial charge in [-0.25, -0.2) is 0 Å². The second kappa shape index (κ2) is 11.5. The van der Waals surface area contributed by atoms with Crippen LogP contribution in [0.2, 0.25) is 0 Å². The van der Waals surface area contributed by atoms with E-state index in [-0.39, 0.29) is 24.2 Å². The van der Waals surface area contributed by atoms with Gasteiger partial charge in [-0.05, 0) is 49.2 Å². The number of amides is 2. The number of rotatable bonds is 11. The smallest absolute Gasteiger partial charge is 0.227 e. The molecule has 9 heteroatoms. The highest BCUT2D eigenvalue weighted by molar-refractivity contribution is 6.00. The Hall–Kier alpha value is -3.88. The zero-order chi connectivity index (χ0) is 24.6. The van der Waals surface area contributed by atoms with Gasteiger partial charge in [0.2, 0.25) is 23.5 Å². The number of carbonyl (C=O) groups is 2. The number of anilines is 1. The first kappa shape index (κ1) is 24.3. The lowest BCUT2D eigenvalue weighted by molar-refractivity contribution is -0.126. The molecule has 0 bridgehead atoms. The van der Waals surface area contributed by atoms with Gasteiger partial charge in [-0.3, -0.25) is 9.59 Å². The number of nitrogens with zero attached hydrogens (tertiary/aromatic N) is 3. The third-order valence-electron chi connectivity index (χ3n) is 6.04. The Bertz CT molecular complexity index is 1140. The Balaban J connectivity index is 1.15. The van der Waals surface area contributed by atoms with Crippen LogP contribution in [-0.2, 0) is 16.0 Å². The second-order valence-electron chi connectivity index (χ2n) is 8.45. The zero-order valence-corrected chi connectivity index (χ0v) is 20.0. The van der Waals surface area contributed by atoms with Crippen LogP contribution in [0.15, 0.2) is 53.1 Å². The number of methoxy groups -OCH3 is 2. The molecule has 0 saturated carbocycles. The van der Waals surface area contributed by atoms with Crippen LogP contribution < -0.4 is 19.7 Å². The van der Waals surface area contributed by atoms with E-state index in [1.165, 1.54) is 0 Å². The van der Waals surface area contributed by atoms with Crippen LogP contribution in [0, 0.1) is 5.92 Å². The van der Waals surface area contributed by atoms with E-state index in [1.807, 2.05) is 48.5 Å². The molecule has 1 aliphatic rings. The third-order valence-corrected chi connectivity index (χ3v) is 6.04. The molecule has 2 aromatic carbocycles. The molecule has 4 rings (SSSR count). The van der Waals surface area contributed by atoms with Crippen molar-refractivity contribution in [2.45, 2.75) is 32.1 Å². The fraction of sp³-hybridized carbons (Fsp3) is 0.385. The van der Waals surface area contributed by atoms with E-state index >= 15 is 0 Å². The van der Waals surface area contributed by atoms with Crippen LogP contribution in [0.1, 0.15) is 31.6 Å². The number of carbonyl (C=O) groups excluding carboxylic acids is 2. The monoisotopic (exact) mass is 478 g/mol. The Morgan fingerprint density at radius 3 is 2.66 bits per heavy atom. The average Bonchev–Trinajstić information content (AvgIpc) is 3.53. The Morgan fingerprint density at radius 2 is 1.89 bits per heavy atom. The normalized spacial score (nSPS) is 15.3. The quantitative estimate of drug-likeness (QED) is 0.419. The first-order valence-corrected chi connectivity index (χ1v) is 11.8. The van der Waals surface area contributed by atoms with Crippen molar-refractivity contribution in [2.24, 2.45) is 5.92 Å². The van der Waals surface area contributed by atoms with Gasteiger partial charge in [-0.2, -0.15) is 4.98 Å². The summed E-state index contributed by atoms with van der Waals surface area (Å²) in [6.07, 6.45) is 3.54. The summed E-state index contributed by atoms with van der Waals surface area (Å²) in [7, 11) is 3.21. The summed E-state index contributed by atoms with van der Waals surface area (Å²) in [6.45, 7) is 0.954. The van der Waals surface area contributed by atoms with E-state index < -0.39 is 0 Å². The van der Waals surface area contributed by atoms with Crippen molar-refractivity contribution in [3.8, 4) is 22.9 Å². The SMILES string of the molecule is COc1ccc(-c2noc(CCCCCNC(=O)C3CC(=O)N(c4cccc(OC)c4)C3)n2)cc1. The molecular formula is C26H30N4O5. The van der Waals surface area contributed by atoms with Gasteiger partial charge in [-0.1, -0.05) is 17.6 Å². The molecular weight excluding hydrogens is 448 g/mol. The molecule has 2 amide bonds. The first-order chi connectivity index (χ1) is 17.1. The summed E-state index contributed by atoms with van der Waals surface area (Å²) in [5.41, 5.74) is 1.62. The van der Waals surface area contributed by atoms with Crippen LogP contribution in [-0.4, -0.2) is 49.3 Å². The minimum atomic E-state index is -0.344. The number of ether oxygens (including phenoxy) is 2. The first-order valence-electron chi connectivity index (χ1n) is 11.8. The lowest BCUT2D eigenvalue weighted by Gasteiger charge is -2.17. The summed E-state index contributed by atoms with van der Waals surface area (Å²) >= 11 is 0. The maximum Gasteiger partial charge on any atom is 0.227 e. The fourth-order valence-electron chi connectivity index (χ4n) is 4.06. The number of nitrogens with one attached hydrogen (secondary N) is 1. The number of benzene rings is 2. The molecule has 1 N–H and O–H groups in total. The predicted molar refractivity (Wildman–Crippen MR) is 130 cm³/mol. The number of unbranched alkanes of at least 4 members (excludes halogenated alkanes) is 2. The van der Waals surface area contributed by atoms with Crippen molar-refractivity contribution < 1.29 is 23.6 Å². The van der Waals surface area contributed by atoms with Gasteiger partial charge in [0.15, 0.2) is 0 Å². The Morgan fingerprint density at radius 1 is 1.09 bits per heavy atom. The highest BCUT2D eigenvalue weighted by atomic mass is 16.5. The molecule has 9 nitrogen and oxygen atoms in total. The molecule has 1 aromatic heterocycles.